The lowest BCUT2D eigenvalue weighted by Crippen LogP contribution is -2.29. The van der Waals surface area contributed by atoms with Gasteiger partial charge in [-0.15, -0.1) is 0 Å². The van der Waals surface area contributed by atoms with E-state index in [4.69, 9.17) is 5.73 Å². The first kappa shape index (κ1) is 13.5. The topological polar surface area (TPSA) is 107 Å². The maximum Gasteiger partial charge on any atom is 0.273 e. The molecule has 0 saturated carbocycles. The maximum atomic E-state index is 11.6. The third-order valence-electron chi connectivity index (χ3n) is 2.09. The molecular weight excluding hydrogens is 244 g/mol. The van der Waals surface area contributed by atoms with Crippen LogP contribution in [-0.4, -0.2) is 42.7 Å². The Morgan fingerprint density at radius 3 is 2.71 bits per heavy atom. The summed E-state index contributed by atoms with van der Waals surface area (Å²) < 4.78 is 23.3. The molecule has 1 aromatic rings. The van der Waals surface area contributed by atoms with E-state index in [-0.39, 0.29) is 23.7 Å². The molecule has 3 N–H and O–H groups in total. The molecule has 1 amide bonds. The molecule has 0 fully saturated rings. The molecule has 1 aromatic heterocycles. The van der Waals surface area contributed by atoms with E-state index in [0.717, 1.165) is 6.26 Å². The monoisotopic (exact) mass is 260 g/mol. The summed E-state index contributed by atoms with van der Waals surface area (Å²) in [6, 6.07) is 0. The van der Waals surface area contributed by atoms with Gasteiger partial charge < -0.3 is 11.1 Å². The van der Waals surface area contributed by atoms with Gasteiger partial charge in [-0.3, -0.25) is 9.48 Å². The van der Waals surface area contributed by atoms with Gasteiger partial charge in [0.05, 0.1) is 11.4 Å². The Labute approximate surface area is 99.9 Å². The minimum absolute atomic E-state index is 0.0517. The molecule has 7 nitrogen and oxygen atoms in total. The summed E-state index contributed by atoms with van der Waals surface area (Å²) >= 11 is 0. The van der Waals surface area contributed by atoms with Gasteiger partial charge in [0.1, 0.15) is 9.84 Å². The van der Waals surface area contributed by atoms with Gasteiger partial charge in [0, 0.05) is 25.5 Å². The van der Waals surface area contributed by atoms with Crippen LogP contribution in [0.15, 0.2) is 6.20 Å². The molecule has 0 atom stereocenters. The number of nitrogen functional groups attached to an aromatic ring is 1. The van der Waals surface area contributed by atoms with E-state index in [1.54, 1.807) is 10.9 Å². The van der Waals surface area contributed by atoms with Crippen LogP contribution in [-0.2, 0) is 16.4 Å². The predicted octanol–water partition coefficient (Wildman–Crippen LogP) is -0.740. The minimum atomic E-state index is -3.08. The van der Waals surface area contributed by atoms with Crippen molar-refractivity contribution < 1.29 is 13.2 Å². The van der Waals surface area contributed by atoms with Crippen LogP contribution in [0.1, 0.15) is 17.4 Å². The van der Waals surface area contributed by atoms with Crippen molar-refractivity contribution in [2.75, 3.05) is 24.3 Å². The summed E-state index contributed by atoms with van der Waals surface area (Å²) in [5, 5.41) is 6.43. The zero-order valence-corrected chi connectivity index (χ0v) is 10.6. The average Bonchev–Trinajstić information content (AvgIpc) is 2.57. The van der Waals surface area contributed by atoms with Crippen molar-refractivity contribution in [3.05, 3.63) is 11.9 Å². The molecule has 1 heterocycles. The zero-order valence-electron chi connectivity index (χ0n) is 9.80. The molecule has 0 aliphatic carbocycles. The quantitative estimate of drug-likeness (QED) is 0.725. The first-order valence-corrected chi connectivity index (χ1v) is 7.18. The second kappa shape index (κ2) is 5.17. The Kier molecular flexibility index (Phi) is 4.11. The van der Waals surface area contributed by atoms with Crippen molar-refractivity contribution in [2.45, 2.75) is 13.5 Å². The Bertz CT molecular complexity index is 506. The van der Waals surface area contributed by atoms with Crippen molar-refractivity contribution in [1.29, 1.82) is 0 Å². The van der Waals surface area contributed by atoms with E-state index in [1.807, 2.05) is 6.92 Å². The summed E-state index contributed by atoms with van der Waals surface area (Å²) in [5.74, 6) is -0.564. The molecule has 0 unspecified atom stereocenters. The van der Waals surface area contributed by atoms with E-state index in [1.165, 1.54) is 0 Å². The average molecular weight is 260 g/mol. The summed E-state index contributed by atoms with van der Waals surface area (Å²) in [6.45, 7) is 2.54. The smallest absolute Gasteiger partial charge is 0.273 e. The van der Waals surface area contributed by atoms with Gasteiger partial charge in [-0.05, 0) is 6.92 Å². The van der Waals surface area contributed by atoms with E-state index < -0.39 is 15.7 Å². The van der Waals surface area contributed by atoms with Crippen LogP contribution in [0.5, 0.6) is 0 Å². The molecule has 17 heavy (non-hydrogen) atoms. The third kappa shape index (κ3) is 4.06. The van der Waals surface area contributed by atoms with Gasteiger partial charge in [-0.1, -0.05) is 0 Å². The third-order valence-corrected chi connectivity index (χ3v) is 3.03. The van der Waals surface area contributed by atoms with Crippen molar-refractivity contribution in [2.24, 2.45) is 0 Å². The highest BCUT2D eigenvalue weighted by Gasteiger charge is 2.14. The first-order valence-electron chi connectivity index (χ1n) is 5.12. The molecule has 8 heteroatoms. The maximum absolute atomic E-state index is 11.6. The van der Waals surface area contributed by atoms with Crippen LogP contribution < -0.4 is 11.1 Å². The second-order valence-electron chi connectivity index (χ2n) is 3.67. The van der Waals surface area contributed by atoms with E-state index in [9.17, 15) is 13.2 Å². The Morgan fingerprint density at radius 2 is 2.24 bits per heavy atom. The Hall–Kier alpha value is -1.57. The van der Waals surface area contributed by atoms with Gasteiger partial charge in [0.15, 0.2) is 5.69 Å². The summed E-state index contributed by atoms with van der Waals surface area (Å²) in [4.78, 5) is 11.6. The number of aromatic nitrogens is 2. The van der Waals surface area contributed by atoms with Gasteiger partial charge in [0.2, 0.25) is 0 Å². The highest BCUT2D eigenvalue weighted by atomic mass is 32.2. The predicted molar refractivity (Wildman–Crippen MR) is 64.4 cm³/mol. The van der Waals surface area contributed by atoms with Gasteiger partial charge in [-0.25, -0.2) is 8.42 Å². The number of rotatable bonds is 5. The molecular formula is C9H16N4O3S. The number of amides is 1. The highest BCUT2D eigenvalue weighted by Crippen LogP contribution is 2.08. The number of nitrogens with two attached hydrogens (primary N) is 1. The minimum Gasteiger partial charge on any atom is -0.396 e. The molecule has 96 valence electrons. The standard InChI is InChI=1S/C9H16N4O3S/c1-3-13-6-7(10)8(12-13)9(14)11-4-5-17(2,15)16/h6H,3-5,10H2,1-2H3,(H,11,14). The molecule has 0 aromatic carbocycles. The van der Waals surface area contributed by atoms with Crippen LogP contribution in [0.4, 0.5) is 5.69 Å². The van der Waals surface area contributed by atoms with Crippen molar-refractivity contribution in [1.82, 2.24) is 15.1 Å². The number of carbonyl (C=O) groups excluding carboxylic acids is 1. The summed E-state index contributed by atoms with van der Waals surface area (Å²) in [7, 11) is -3.08. The fourth-order valence-electron chi connectivity index (χ4n) is 1.21. The fourth-order valence-corrected chi connectivity index (χ4v) is 1.68. The zero-order chi connectivity index (χ0) is 13.1. The van der Waals surface area contributed by atoms with E-state index in [2.05, 4.69) is 10.4 Å². The molecule has 0 spiro atoms. The normalized spacial score (nSPS) is 11.4. The molecule has 0 aliphatic rings. The van der Waals surface area contributed by atoms with Crippen molar-refractivity contribution in [3.8, 4) is 0 Å². The number of aryl methyl sites for hydroxylation is 1. The number of hydrogen-bond donors (Lipinski definition) is 2. The molecule has 0 saturated heterocycles. The van der Waals surface area contributed by atoms with E-state index in [0.29, 0.717) is 6.54 Å². The van der Waals surface area contributed by atoms with E-state index >= 15 is 0 Å². The van der Waals surface area contributed by atoms with Crippen LogP contribution >= 0.6 is 0 Å². The Morgan fingerprint density at radius 1 is 1.59 bits per heavy atom. The van der Waals surface area contributed by atoms with Crippen molar-refractivity contribution in [3.63, 3.8) is 0 Å². The second-order valence-corrected chi connectivity index (χ2v) is 5.93. The summed E-state index contributed by atoms with van der Waals surface area (Å²) in [6.07, 6.45) is 2.67. The number of hydrogen-bond acceptors (Lipinski definition) is 5. The number of nitrogens with one attached hydrogen (secondary N) is 1. The highest BCUT2D eigenvalue weighted by molar-refractivity contribution is 7.90. The van der Waals surface area contributed by atoms with Gasteiger partial charge >= 0.3 is 0 Å². The summed E-state index contributed by atoms with van der Waals surface area (Å²) in [5.41, 5.74) is 6.02. The number of carbonyl (C=O) groups is 1. The number of nitrogens with zero attached hydrogens (tertiary/aromatic N) is 2. The van der Waals surface area contributed by atoms with Gasteiger partial charge in [-0.2, -0.15) is 5.10 Å². The SMILES string of the molecule is CCn1cc(N)c(C(=O)NCCS(C)(=O)=O)n1. The van der Waals surface area contributed by atoms with Gasteiger partial charge in [0.25, 0.3) is 5.91 Å². The van der Waals surface area contributed by atoms with Crippen LogP contribution in [0.3, 0.4) is 0 Å². The van der Waals surface area contributed by atoms with Crippen molar-refractivity contribution >= 4 is 21.4 Å². The first-order chi connectivity index (χ1) is 7.83. The fraction of sp³-hybridized carbons (Fsp3) is 0.556. The molecule has 1 rings (SSSR count). The lowest BCUT2D eigenvalue weighted by atomic mass is 10.3. The van der Waals surface area contributed by atoms with Crippen LogP contribution in [0.2, 0.25) is 0 Å². The number of anilines is 1. The molecule has 0 radical (unpaired) electrons. The largest absolute Gasteiger partial charge is 0.396 e. The Balaban J connectivity index is 2.61. The molecule has 0 aliphatic heterocycles. The van der Waals surface area contributed by atoms with Crippen LogP contribution in [0, 0.1) is 0 Å². The van der Waals surface area contributed by atoms with Crippen LogP contribution in [0.25, 0.3) is 0 Å². The lowest BCUT2D eigenvalue weighted by Gasteiger charge is -2.02. The lowest BCUT2D eigenvalue weighted by molar-refractivity contribution is 0.0951. The molecule has 0 bridgehead atoms. The number of sulfone groups is 1.